The van der Waals surface area contributed by atoms with Crippen LogP contribution in [0.2, 0.25) is 0 Å². The van der Waals surface area contributed by atoms with Crippen molar-refractivity contribution in [2.45, 2.75) is 44.4 Å². The molecule has 0 N–H and O–H groups in total. The third kappa shape index (κ3) is 1.45. The van der Waals surface area contributed by atoms with Crippen LogP contribution in [0.1, 0.15) is 39.5 Å². The number of alkyl halides is 1. The molecule has 0 nitrogen and oxygen atoms in total. The SMILES string of the molecule is CC1CCC(C)C2CC(Br)CC12. The van der Waals surface area contributed by atoms with Crippen molar-refractivity contribution in [1.82, 2.24) is 0 Å². The smallest absolute Gasteiger partial charge is 0.0151 e. The molecule has 0 amide bonds. The van der Waals surface area contributed by atoms with Gasteiger partial charge < -0.3 is 0 Å². The molecule has 0 heterocycles. The number of hydrogen-bond donors (Lipinski definition) is 0. The summed E-state index contributed by atoms with van der Waals surface area (Å²) in [6.07, 6.45) is 5.83. The lowest BCUT2D eigenvalue weighted by atomic mass is 9.69. The molecule has 1 heteroatoms. The molecule has 12 heavy (non-hydrogen) atoms. The van der Waals surface area contributed by atoms with Crippen LogP contribution in [0, 0.1) is 23.7 Å². The minimum Gasteiger partial charge on any atom is -0.0890 e. The van der Waals surface area contributed by atoms with Crippen molar-refractivity contribution in [2.75, 3.05) is 0 Å². The number of rotatable bonds is 0. The van der Waals surface area contributed by atoms with Crippen molar-refractivity contribution < 1.29 is 0 Å². The third-order valence-corrected chi connectivity index (χ3v) is 4.89. The van der Waals surface area contributed by atoms with Gasteiger partial charge in [-0.25, -0.2) is 0 Å². The van der Waals surface area contributed by atoms with Gasteiger partial charge in [0.2, 0.25) is 0 Å². The molecular weight excluding hydrogens is 212 g/mol. The molecular formula is C11H19Br. The summed E-state index contributed by atoms with van der Waals surface area (Å²) in [5.74, 6) is 4.07. The summed E-state index contributed by atoms with van der Waals surface area (Å²) < 4.78 is 0. The standard InChI is InChI=1S/C11H19Br/c1-7-3-4-8(2)11-6-9(12)5-10(7)11/h7-11H,3-6H2,1-2H3. The van der Waals surface area contributed by atoms with Gasteiger partial charge in [-0.3, -0.25) is 0 Å². The Balaban J connectivity index is 2.09. The highest BCUT2D eigenvalue weighted by atomic mass is 79.9. The zero-order valence-electron chi connectivity index (χ0n) is 8.09. The lowest BCUT2D eigenvalue weighted by Crippen LogP contribution is -2.27. The van der Waals surface area contributed by atoms with Gasteiger partial charge in [-0.1, -0.05) is 42.6 Å². The van der Waals surface area contributed by atoms with Crippen LogP contribution < -0.4 is 0 Å². The summed E-state index contributed by atoms with van der Waals surface area (Å²) in [4.78, 5) is 0.829. The van der Waals surface area contributed by atoms with E-state index in [2.05, 4.69) is 29.8 Å². The van der Waals surface area contributed by atoms with Crippen LogP contribution in [-0.2, 0) is 0 Å². The third-order valence-electron chi connectivity index (χ3n) is 4.14. The molecule has 2 saturated carbocycles. The fourth-order valence-corrected chi connectivity index (χ4v) is 4.16. The van der Waals surface area contributed by atoms with Gasteiger partial charge in [0.25, 0.3) is 0 Å². The highest BCUT2D eigenvalue weighted by Gasteiger charge is 2.41. The van der Waals surface area contributed by atoms with Crippen molar-refractivity contribution in [3.63, 3.8) is 0 Å². The Morgan fingerprint density at radius 3 is 1.75 bits per heavy atom. The highest BCUT2D eigenvalue weighted by molar-refractivity contribution is 9.09. The first-order valence-corrected chi connectivity index (χ1v) is 6.24. The summed E-state index contributed by atoms with van der Waals surface area (Å²) in [7, 11) is 0. The molecule has 0 radical (unpaired) electrons. The van der Waals surface area contributed by atoms with Crippen LogP contribution in [0.3, 0.4) is 0 Å². The molecule has 0 aromatic carbocycles. The van der Waals surface area contributed by atoms with E-state index < -0.39 is 0 Å². The topological polar surface area (TPSA) is 0 Å². The number of halogens is 1. The summed E-state index contributed by atoms with van der Waals surface area (Å²) in [5, 5.41) is 0. The maximum Gasteiger partial charge on any atom is 0.0151 e. The van der Waals surface area contributed by atoms with Gasteiger partial charge in [-0.05, 0) is 36.5 Å². The first-order chi connectivity index (χ1) is 5.68. The van der Waals surface area contributed by atoms with E-state index in [4.69, 9.17) is 0 Å². The van der Waals surface area contributed by atoms with Crippen molar-refractivity contribution >= 4 is 15.9 Å². The van der Waals surface area contributed by atoms with Gasteiger partial charge in [0.1, 0.15) is 0 Å². The van der Waals surface area contributed by atoms with E-state index >= 15 is 0 Å². The Labute approximate surface area is 84.2 Å². The van der Waals surface area contributed by atoms with Gasteiger partial charge >= 0.3 is 0 Å². The second-order valence-corrected chi connectivity index (χ2v) is 6.22. The first-order valence-electron chi connectivity index (χ1n) is 5.32. The highest BCUT2D eigenvalue weighted by Crippen LogP contribution is 2.49. The molecule has 2 aliphatic rings. The molecule has 4 unspecified atom stereocenters. The zero-order valence-corrected chi connectivity index (χ0v) is 9.68. The minimum atomic E-state index is 0.829. The van der Waals surface area contributed by atoms with E-state index in [0.29, 0.717) is 0 Å². The fourth-order valence-electron chi connectivity index (χ4n) is 3.30. The largest absolute Gasteiger partial charge is 0.0890 e. The second-order valence-electron chi connectivity index (χ2n) is 4.93. The maximum atomic E-state index is 3.78. The van der Waals surface area contributed by atoms with Gasteiger partial charge in [0, 0.05) is 4.83 Å². The Morgan fingerprint density at radius 2 is 1.33 bits per heavy atom. The molecule has 0 saturated heterocycles. The predicted molar refractivity (Wildman–Crippen MR) is 56.5 cm³/mol. The lowest BCUT2D eigenvalue weighted by molar-refractivity contribution is 0.137. The normalized spacial score (nSPS) is 53.8. The summed E-state index contributed by atoms with van der Waals surface area (Å²) in [5.41, 5.74) is 0. The average Bonchev–Trinajstić information content (AvgIpc) is 2.41. The molecule has 0 aromatic rings. The zero-order chi connectivity index (χ0) is 8.72. The second kappa shape index (κ2) is 3.32. The first kappa shape index (κ1) is 9.05. The van der Waals surface area contributed by atoms with Crippen molar-refractivity contribution in [1.29, 1.82) is 0 Å². The van der Waals surface area contributed by atoms with E-state index in [1.165, 1.54) is 25.7 Å². The summed E-state index contributed by atoms with van der Waals surface area (Å²) >= 11 is 3.78. The molecule has 70 valence electrons. The Kier molecular flexibility index (Phi) is 2.51. The monoisotopic (exact) mass is 230 g/mol. The van der Waals surface area contributed by atoms with Crippen molar-refractivity contribution in [3.05, 3.63) is 0 Å². The van der Waals surface area contributed by atoms with Gasteiger partial charge in [-0.15, -0.1) is 0 Å². The quantitative estimate of drug-likeness (QED) is 0.555. The van der Waals surface area contributed by atoms with E-state index in [9.17, 15) is 0 Å². The Hall–Kier alpha value is 0.480. The molecule has 2 aliphatic carbocycles. The Bertz CT molecular complexity index is 148. The van der Waals surface area contributed by atoms with Crippen LogP contribution in [0.4, 0.5) is 0 Å². The van der Waals surface area contributed by atoms with Crippen molar-refractivity contribution in [2.24, 2.45) is 23.7 Å². The molecule has 4 atom stereocenters. The van der Waals surface area contributed by atoms with E-state index in [-0.39, 0.29) is 0 Å². The molecule has 0 aliphatic heterocycles. The molecule has 0 spiro atoms. The fraction of sp³-hybridized carbons (Fsp3) is 1.00. The predicted octanol–water partition coefficient (Wildman–Crippen LogP) is 3.84. The number of hydrogen-bond acceptors (Lipinski definition) is 0. The summed E-state index contributed by atoms with van der Waals surface area (Å²) in [6.45, 7) is 4.91. The average molecular weight is 231 g/mol. The lowest BCUT2D eigenvalue weighted by Gasteiger charge is -2.36. The van der Waals surface area contributed by atoms with Crippen molar-refractivity contribution in [3.8, 4) is 0 Å². The van der Waals surface area contributed by atoms with Crippen LogP contribution in [0.25, 0.3) is 0 Å². The minimum absolute atomic E-state index is 0.829. The van der Waals surface area contributed by atoms with Crippen LogP contribution >= 0.6 is 15.9 Å². The maximum absolute atomic E-state index is 3.78. The molecule has 0 bridgehead atoms. The van der Waals surface area contributed by atoms with E-state index in [1.54, 1.807) is 0 Å². The summed E-state index contributed by atoms with van der Waals surface area (Å²) in [6, 6.07) is 0. The van der Waals surface area contributed by atoms with E-state index in [0.717, 1.165) is 28.5 Å². The van der Waals surface area contributed by atoms with E-state index in [1.807, 2.05) is 0 Å². The number of fused-ring (bicyclic) bond motifs is 1. The van der Waals surface area contributed by atoms with Gasteiger partial charge in [0.15, 0.2) is 0 Å². The van der Waals surface area contributed by atoms with Gasteiger partial charge in [-0.2, -0.15) is 0 Å². The van der Waals surface area contributed by atoms with Crippen LogP contribution in [-0.4, -0.2) is 4.83 Å². The van der Waals surface area contributed by atoms with Crippen LogP contribution in [0.5, 0.6) is 0 Å². The molecule has 0 aromatic heterocycles. The molecule has 2 fully saturated rings. The molecule has 2 rings (SSSR count). The van der Waals surface area contributed by atoms with Crippen LogP contribution in [0.15, 0.2) is 0 Å². The Morgan fingerprint density at radius 1 is 0.917 bits per heavy atom. The van der Waals surface area contributed by atoms with Gasteiger partial charge in [0.05, 0.1) is 0 Å².